The molecule has 5 nitrogen and oxygen atoms in total. The SMILES string of the molecule is COc1cccc(C(=O)NCC2CC(=O)N(c3ccc(F)cc3)C2)c1. The molecule has 2 aromatic rings. The standard InChI is InChI=1S/C19H19FN2O3/c1-25-17-4-2-3-14(10-17)19(24)21-11-13-9-18(23)22(12-13)16-7-5-15(20)6-8-16/h2-8,10,13H,9,11-12H2,1H3,(H,21,24). The van der Waals surface area contributed by atoms with Crippen LogP contribution in [0.15, 0.2) is 48.5 Å². The molecule has 1 unspecified atom stereocenters. The fraction of sp³-hybridized carbons (Fsp3) is 0.263. The van der Waals surface area contributed by atoms with E-state index in [2.05, 4.69) is 5.32 Å². The first-order valence-corrected chi connectivity index (χ1v) is 8.05. The first kappa shape index (κ1) is 17.0. The molecule has 130 valence electrons. The summed E-state index contributed by atoms with van der Waals surface area (Å²) in [4.78, 5) is 26.0. The highest BCUT2D eigenvalue weighted by atomic mass is 19.1. The number of rotatable bonds is 5. The molecule has 1 aliphatic rings. The Bertz CT molecular complexity index is 776. The molecule has 0 bridgehead atoms. The van der Waals surface area contributed by atoms with Crippen molar-refractivity contribution in [1.82, 2.24) is 5.32 Å². The quantitative estimate of drug-likeness (QED) is 0.909. The predicted molar refractivity (Wildman–Crippen MR) is 92.2 cm³/mol. The summed E-state index contributed by atoms with van der Waals surface area (Å²) in [5, 5.41) is 2.86. The summed E-state index contributed by atoms with van der Waals surface area (Å²) in [6.45, 7) is 0.905. The number of ether oxygens (including phenoxy) is 1. The Morgan fingerprint density at radius 3 is 2.76 bits per heavy atom. The van der Waals surface area contributed by atoms with Crippen molar-refractivity contribution in [2.45, 2.75) is 6.42 Å². The fourth-order valence-corrected chi connectivity index (χ4v) is 2.89. The first-order valence-electron chi connectivity index (χ1n) is 8.05. The number of nitrogens with one attached hydrogen (secondary N) is 1. The number of methoxy groups -OCH3 is 1. The van der Waals surface area contributed by atoms with Gasteiger partial charge in [-0.15, -0.1) is 0 Å². The molecule has 1 aliphatic heterocycles. The van der Waals surface area contributed by atoms with Crippen molar-refractivity contribution in [3.05, 3.63) is 59.9 Å². The molecule has 1 N–H and O–H groups in total. The minimum atomic E-state index is -0.336. The van der Waals surface area contributed by atoms with Crippen LogP contribution in [-0.4, -0.2) is 32.0 Å². The fourth-order valence-electron chi connectivity index (χ4n) is 2.89. The molecule has 1 fully saturated rings. The zero-order valence-corrected chi connectivity index (χ0v) is 13.9. The Morgan fingerprint density at radius 1 is 1.28 bits per heavy atom. The highest BCUT2D eigenvalue weighted by Gasteiger charge is 2.30. The summed E-state index contributed by atoms with van der Waals surface area (Å²) in [6, 6.07) is 12.7. The number of carbonyl (C=O) groups excluding carboxylic acids is 2. The van der Waals surface area contributed by atoms with Crippen LogP contribution in [0.25, 0.3) is 0 Å². The second-order valence-electron chi connectivity index (χ2n) is 5.99. The van der Waals surface area contributed by atoms with E-state index >= 15 is 0 Å². The molecule has 25 heavy (non-hydrogen) atoms. The number of hydrogen-bond acceptors (Lipinski definition) is 3. The number of nitrogens with zero attached hydrogens (tertiary/aromatic N) is 1. The lowest BCUT2D eigenvalue weighted by Gasteiger charge is -2.17. The van der Waals surface area contributed by atoms with Crippen molar-refractivity contribution in [1.29, 1.82) is 0 Å². The van der Waals surface area contributed by atoms with Gasteiger partial charge < -0.3 is 15.0 Å². The molecule has 0 radical (unpaired) electrons. The summed E-state index contributed by atoms with van der Waals surface area (Å²) in [6.07, 6.45) is 0.357. The zero-order chi connectivity index (χ0) is 17.8. The number of carbonyl (C=O) groups is 2. The van der Waals surface area contributed by atoms with Crippen molar-refractivity contribution in [2.75, 3.05) is 25.1 Å². The van der Waals surface area contributed by atoms with Crippen molar-refractivity contribution < 1.29 is 18.7 Å². The van der Waals surface area contributed by atoms with Crippen LogP contribution >= 0.6 is 0 Å². The van der Waals surface area contributed by atoms with Crippen molar-refractivity contribution in [3.63, 3.8) is 0 Å². The molecule has 1 atom stereocenters. The highest BCUT2D eigenvalue weighted by molar-refractivity contribution is 5.96. The van der Waals surface area contributed by atoms with Crippen LogP contribution in [0.5, 0.6) is 5.75 Å². The van der Waals surface area contributed by atoms with E-state index in [9.17, 15) is 14.0 Å². The average molecular weight is 342 g/mol. The third-order valence-corrected chi connectivity index (χ3v) is 4.23. The molecule has 1 heterocycles. The van der Waals surface area contributed by atoms with Gasteiger partial charge in [-0.1, -0.05) is 6.07 Å². The smallest absolute Gasteiger partial charge is 0.251 e. The second-order valence-corrected chi connectivity index (χ2v) is 5.99. The summed E-state index contributed by atoms with van der Waals surface area (Å²) >= 11 is 0. The number of benzene rings is 2. The molecule has 6 heteroatoms. The van der Waals surface area contributed by atoms with E-state index in [0.29, 0.717) is 36.5 Å². The average Bonchev–Trinajstić information content (AvgIpc) is 3.01. The third kappa shape index (κ3) is 3.96. The van der Waals surface area contributed by atoms with Gasteiger partial charge in [0.2, 0.25) is 5.91 Å². The molecule has 0 aliphatic carbocycles. The molecular formula is C19H19FN2O3. The Labute approximate surface area is 145 Å². The van der Waals surface area contributed by atoms with Crippen LogP contribution in [0.1, 0.15) is 16.8 Å². The maximum absolute atomic E-state index is 13.0. The molecule has 0 spiro atoms. The largest absolute Gasteiger partial charge is 0.497 e. The lowest BCUT2D eigenvalue weighted by Crippen LogP contribution is -2.31. The topological polar surface area (TPSA) is 58.6 Å². The van der Waals surface area contributed by atoms with E-state index < -0.39 is 0 Å². The normalized spacial score (nSPS) is 16.8. The van der Waals surface area contributed by atoms with Crippen LogP contribution in [0, 0.1) is 11.7 Å². The van der Waals surface area contributed by atoms with Gasteiger partial charge in [0.1, 0.15) is 11.6 Å². The molecule has 2 amide bonds. The van der Waals surface area contributed by atoms with Crippen LogP contribution < -0.4 is 15.0 Å². The predicted octanol–water partition coefficient (Wildman–Crippen LogP) is 2.62. The van der Waals surface area contributed by atoms with Crippen LogP contribution in [0.2, 0.25) is 0 Å². The second kappa shape index (κ2) is 7.34. The van der Waals surface area contributed by atoms with Gasteiger partial charge in [-0.25, -0.2) is 4.39 Å². The highest BCUT2D eigenvalue weighted by Crippen LogP contribution is 2.25. The van der Waals surface area contributed by atoms with E-state index in [1.165, 1.54) is 12.1 Å². The van der Waals surface area contributed by atoms with Gasteiger partial charge in [0.25, 0.3) is 5.91 Å². The monoisotopic (exact) mass is 342 g/mol. The number of amides is 2. The van der Waals surface area contributed by atoms with E-state index in [1.54, 1.807) is 48.4 Å². The summed E-state index contributed by atoms with van der Waals surface area (Å²) < 4.78 is 18.1. The van der Waals surface area contributed by atoms with Gasteiger partial charge in [-0.2, -0.15) is 0 Å². The minimum Gasteiger partial charge on any atom is -0.497 e. The summed E-state index contributed by atoms with van der Waals surface area (Å²) in [5.74, 6) is 0.0783. The maximum atomic E-state index is 13.0. The molecule has 0 aromatic heterocycles. The van der Waals surface area contributed by atoms with Crippen molar-refractivity contribution in [3.8, 4) is 5.75 Å². The molecule has 2 aromatic carbocycles. The van der Waals surface area contributed by atoms with E-state index in [0.717, 1.165) is 0 Å². The van der Waals surface area contributed by atoms with E-state index in [4.69, 9.17) is 4.74 Å². The van der Waals surface area contributed by atoms with Crippen LogP contribution in [-0.2, 0) is 4.79 Å². The summed E-state index contributed by atoms with van der Waals surface area (Å²) in [7, 11) is 1.55. The Morgan fingerprint density at radius 2 is 2.04 bits per heavy atom. The molecule has 3 rings (SSSR count). The van der Waals surface area contributed by atoms with Gasteiger partial charge >= 0.3 is 0 Å². The Kier molecular flexibility index (Phi) is 4.97. The van der Waals surface area contributed by atoms with Crippen LogP contribution in [0.4, 0.5) is 10.1 Å². The Balaban J connectivity index is 1.58. The third-order valence-electron chi connectivity index (χ3n) is 4.23. The molecular weight excluding hydrogens is 323 g/mol. The van der Waals surface area contributed by atoms with Gasteiger partial charge in [0.05, 0.1) is 7.11 Å². The zero-order valence-electron chi connectivity index (χ0n) is 13.9. The van der Waals surface area contributed by atoms with Gasteiger partial charge in [0, 0.05) is 36.7 Å². The van der Waals surface area contributed by atoms with Gasteiger partial charge in [0.15, 0.2) is 0 Å². The van der Waals surface area contributed by atoms with Crippen LogP contribution in [0.3, 0.4) is 0 Å². The van der Waals surface area contributed by atoms with E-state index in [-0.39, 0.29) is 23.5 Å². The van der Waals surface area contributed by atoms with Crippen molar-refractivity contribution >= 4 is 17.5 Å². The van der Waals surface area contributed by atoms with Gasteiger partial charge in [-0.3, -0.25) is 9.59 Å². The minimum absolute atomic E-state index is 0.0205. The lowest BCUT2D eigenvalue weighted by molar-refractivity contribution is -0.117. The van der Waals surface area contributed by atoms with Crippen molar-refractivity contribution in [2.24, 2.45) is 5.92 Å². The summed E-state index contributed by atoms with van der Waals surface area (Å²) in [5.41, 5.74) is 1.19. The first-order chi connectivity index (χ1) is 12.1. The molecule has 0 saturated carbocycles. The number of halogens is 1. The van der Waals surface area contributed by atoms with Gasteiger partial charge in [-0.05, 0) is 42.5 Å². The lowest BCUT2D eigenvalue weighted by atomic mass is 10.1. The number of hydrogen-bond donors (Lipinski definition) is 1. The van der Waals surface area contributed by atoms with E-state index in [1.807, 2.05) is 0 Å². The number of anilines is 1. The Hall–Kier alpha value is -2.89. The molecule has 1 saturated heterocycles. The maximum Gasteiger partial charge on any atom is 0.251 e.